The van der Waals surface area contributed by atoms with Gasteiger partial charge in [0.05, 0.1) is 11.4 Å². The van der Waals surface area contributed by atoms with Crippen LogP contribution in [0.3, 0.4) is 0 Å². The molecule has 0 amide bonds. The molecule has 96 valence electrons. The summed E-state index contributed by atoms with van der Waals surface area (Å²) in [6.07, 6.45) is 0.878. The van der Waals surface area contributed by atoms with Gasteiger partial charge in [-0.1, -0.05) is 38.1 Å². The van der Waals surface area contributed by atoms with Gasteiger partial charge in [0, 0.05) is 17.8 Å². The summed E-state index contributed by atoms with van der Waals surface area (Å²) in [7, 11) is 0. The van der Waals surface area contributed by atoms with Gasteiger partial charge in [-0.2, -0.15) is 0 Å². The third-order valence-electron chi connectivity index (χ3n) is 3.52. The van der Waals surface area contributed by atoms with Crippen molar-refractivity contribution in [1.82, 2.24) is 0 Å². The fourth-order valence-corrected chi connectivity index (χ4v) is 2.43. The molecule has 1 heterocycles. The molecule has 0 fully saturated rings. The molecule has 0 bridgehead atoms. The first-order chi connectivity index (χ1) is 9.13. The highest BCUT2D eigenvalue weighted by molar-refractivity contribution is 6.09. The van der Waals surface area contributed by atoms with E-state index in [-0.39, 0.29) is 0 Å². The maximum atomic E-state index is 4.84. The Morgan fingerprint density at radius 1 is 0.947 bits per heavy atom. The first-order valence-corrected chi connectivity index (χ1v) is 6.78. The first-order valence-electron chi connectivity index (χ1n) is 6.78. The van der Waals surface area contributed by atoms with Crippen molar-refractivity contribution in [3.63, 3.8) is 0 Å². The van der Waals surface area contributed by atoms with Crippen molar-refractivity contribution in [2.45, 2.75) is 27.2 Å². The van der Waals surface area contributed by atoms with Crippen LogP contribution in [0.1, 0.15) is 27.2 Å². The van der Waals surface area contributed by atoms with E-state index in [1.165, 1.54) is 16.5 Å². The molecule has 0 radical (unpaired) electrons. The Kier molecular flexibility index (Phi) is 2.94. The Balaban J connectivity index is 2.26. The number of hydrogen-bond acceptors (Lipinski definition) is 2. The van der Waals surface area contributed by atoms with Crippen LogP contribution >= 0.6 is 0 Å². The smallest absolute Gasteiger partial charge is 0.0892 e. The highest BCUT2D eigenvalue weighted by Gasteiger charge is 2.14. The number of hydrogen-bond donors (Lipinski definition) is 0. The summed E-state index contributed by atoms with van der Waals surface area (Å²) in [4.78, 5) is 9.57. The summed E-state index contributed by atoms with van der Waals surface area (Å²) in [5.74, 6) is 0.461. The Morgan fingerprint density at radius 2 is 1.53 bits per heavy atom. The first kappa shape index (κ1) is 12.1. The maximum Gasteiger partial charge on any atom is 0.0892 e. The molecule has 0 spiro atoms. The van der Waals surface area contributed by atoms with E-state index in [2.05, 4.69) is 57.2 Å². The quantitative estimate of drug-likeness (QED) is 0.675. The standard InChI is InChI=1S/C17H18N2/c1-11(2)15-8-12(3)18-16-9-13-6-4-5-7-14(13)10-17(16)19-15/h4-7,9-11H,8H2,1-3H3. The number of fused-ring (bicyclic) bond motifs is 2. The molecule has 1 aliphatic rings. The predicted molar refractivity (Wildman–Crippen MR) is 83.3 cm³/mol. The van der Waals surface area contributed by atoms with Gasteiger partial charge in [0.25, 0.3) is 0 Å². The molecule has 1 aliphatic heterocycles. The molecule has 3 rings (SSSR count). The maximum absolute atomic E-state index is 4.84. The van der Waals surface area contributed by atoms with E-state index in [1.54, 1.807) is 0 Å². The zero-order chi connectivity index (χ0) is 13.4. The van der Waals surface area contributed by atoms with Crippen molar-refractivity contribution in [3.05, 3.63) is 36.4 Å². The molecule has 0 saturated carbocycles. The molecule has 0 aliphatic carbocycles. The van der Waals surface area contributed by atoms with Crippen LogP contribution in [0, 0.1) is 5.92 Å². The van der Waals surface area contributed by atoms with Gasteiger partial charge >= 0.3 is 0 Å². The molecule has 0 N–H and O–H groups in total. The Bertz CT molecular complexity index is 693. The van der Waals surface area contributed by atoms with Gasteiger partial charge in [-0.05, 0) is 35.7 Å². The van der Waals surface area contributed by atoms with Crippen molar-refractivity contribution in [3.8, 4) is 0 Å². The summed E-state index contributed by atoms with van der Waals surface area (Å²) in [5, 5.41) is 2.45. The lowest BCUT2D eigenvalue weighted by Gasteiger charge is -2.08. The van der Waals surface area contributed by atoms with Crippen LogP contribution < -0.4 is 0 Å². The highest BCUT2D eigenvalue weighted by Crippen LogP contribution is 2.35. The minimum Gasteiger partial charge on any atom is -0.255 e. The van der Waals surface area contributed by atoms with E-state index in [1.807, 2.05) is 0 Å². The number of nitrogens with zero attached hydrogens (tertiary/aromatic N) is 2. The molecule has 0 aromatic heterocycles. The van der Waals surface area contributed by atoms with Crippen molar-refractivity contribution in [2.24, 2.45) is 15.9 Å². The van der Waals surface area contributed by atoms with Crippen LogP contribution in [-0.4, -0.2) is 11.4 Å². The second-order valence-corrected chi connectivity index (χ2v) is 5.47. The molecule has 0 unspecified atom stereocenters. The van der Waals surface area contributed by atoms with Gasteiger partial charge in [-0.3, -0.25) is 9.98 Å². The normalized spacial score (nSPS) is 14.9. The summed E-state index contributed by atoms with van der Waals surface area (Å²) in [5.41, 5.74) is 4.35. The summed E-state index contributed by atoms with van der Waals surface area (Å²) < 4.78 is 0. The predicted octanol–water partition coefficient (Wildman–Crippen LogP) is 5.06. The number of aliphatic imine (C=N–C) groups is 2. The Hall–Kier alpha value is -1.96. The van der Waals surface area contributed by atoms with Crippen molar-refractivity contribution >= 4 is 33.6 Å². The molecule has 2 aromatic rings. The number of benzene rings is 2. The average molecular weight is 250 g/mol. The minimum absolute atomic E-state index is 0.461. The van der Waals surface area contributed by atoms with E-state index in [0.29, 0.717) is 5.92 Å². The number of rotatable bonds is 1. The summed E-state index contributed by atoms with van der Waals surface area (Å²) in [6, 6.07) is 12.7. The summed E-state index contributed by atoms with van der Waals surface area (Å²) in [6.45, 7) is 6.47. The Labute approximate surface area is 113 Å². The van der Waals surface area contributed by atoms with E-state index in [4.69, 9.17) is 9.98 Å². The molecule has 0 atom stereocenters. The lowest BCUT2D eigenvalue weighted by Crippen LogP contribution is -2.10. The topological polar surface area (TPSA) is 24.7 Å². The molecule has 19 heavy (non-hydrogen) atoms. The van der Waals surface area contributed by atoms with Crippen molar-refractivity contribution in [1.29, 1.82) is 0 Å². The van der Waals surface area contributed by atoms with Crippen LogP contribution in [0.5, 0.6) is 0 Å². The second-order valence-electron chi connectivity index (χ2n) is 5.47. The van der Waals surface area contributed by atoms with Crippen LogP contribution in [0.4, 0.5) is 11.4 Å². The van der Waals surface area contributed by atoms with E-state index in [0.717, 1.165) is 23.5 Å². The van der Waals surface area contributed by atoms with E-state index >= 15 is 0 Å². The van der Waals surface area contributed by atoms with Crippen molar-refractivity contribution < 1.29 is 0 Å². The third-order valence-corrected chi connectivity index (χ3v) is 3.52. The van der Waals surface area contributed by atoms with Crippen LogP contribution in [0.15, 0.2) is 46.4 Å². The molecule has 2 aromatic carbocycles. The second kappa shape index (κ2) is 4.61. The highest BCUT2D eigenvalue weighted by atomic mass is 14.9. The average Bonchev–Trinajstić information content (AvgIpc) is 2.53. The molecule has 2 heteroatoms. The molecular weight excluding hydrogens is 232 g/mol. The molecule has 2 nitrogen and oxygen atoms in total. The third kappa shape index (κ3) is 2.30. The summed E-state index contributed by atoms with van der Waals surface area (Å²) >= 11 is 0. The van der Waals surface area contributed by atoms with E-state index in [9.17, 15) is 0 Å². The fraction of sp³-hybridized carbons (Fsp3) is 0.294. The van der Waals surface area contributed by atoms with Gasteiger partial charge in [-0.15, -0.1) is 0 Å². The van der Waals surface area contributed by atoms with Gasteiger partial charge in [0.15, 0.2) is 0 Å². The van der Waals surface area contributed by atoms with Crippen LogP contribution in [0.2, 0.25) is 0 Å². The van der Waals surface area contributed by atoms with Crippen LogP contribution in [0.25, 0.3) is 10.8 Å². The van der Waals surface area contributed by atoms with Gasteiger partial charge < -0.3 is 0 Å². The van der Waals surface area contributed by atoms with Gasteiger partial charge in [-0.25, -0.2) is 0 Å². The van der Waals surface area contributed by atoms with E-state index < -0.39 is 0 Å². The molecular formula is C17H18N2. The zero-order valence-corrected chi connectivity index (χ0v) is 11.6. The fourth-order valence-electron chi connectivity index (χ4n) is 2.43. The van der Waals surface area contributed by atoms with Gasteiger partial charge in [0.1, 0.15) is 0 Å². The largest absolute Gasteiger partial charge is 0.255 e. The van der Waals surface area contributed by atoms with Crippen LogP contribution in [-0.2, 0) is 0 Å². The lowest BCUT2D eigenvalue weighted by atomic mass is 10.0. The lowest BCUT2D eigenvalue weighted by molar-refractivity contribution is 0.871. The monoisotopic (exact) mass is 250 g/mol. The van der Waals surface area contributed by atoms with Crippen molar-refractivity contribution in [2.75, 3.05) is 0 Å². The Morgan fingerprint density at radius 3 is 2.11 bits per heavy atom. The SMILES string of the molecule is CC1=Nc2cc3ccccc3cc2N=C(C(C)C)C1. The minimum atomic E-state index is 0.461. The zero-order valence-electron chi connectivity index (χ0n) is 11.6. The van der Waals surface area contributed by atoms with Gasteiger partial charge in [0.2, 0.25) is 0 Å². The molecule has 0 saturated heterocycles.